The summed E-state index contributed by atoms with van der Waals surface area (Å²) in [5, 5.41) is 11.1. The van der Waals surface area contributed by atoms with Gasteiger partial charge in [-0.05, 0) is 36.6 Å². The van der Waals surface area contributed by atoms with E-state index in [0.29, 0.717) is 22.1 Å². The van der Waals surface area contributed by atoms with Crippen LogP contribution in [0, 0.1) is 0 Å². The molecule has 0 aliphatic heterocycles. The van der Waals surface area contributed by atoms with Crippen molar-refractivity contribution >= 4 is 46.2 Å². The lowest BCUT2D eigenvalue weighted by molar-refractivity contribution is 0.0697. The highest BCUT2D eigenvalue weighted by atomic mass is 35.5. The highest BCUT2D eigenvalue weighted by molar-refractivity contribution is 7.12. The number of halogens is 1. The maximum atomic E-state index is 12.5. The van der Waals surface area contributed by atoms with Crippen LogP contribution in [0.25, 0.3) is 0 Å². The first kappa shape index (κ1) is 15.3. The number of benzene rings is 1. The molecule has 0 bridgehead atoms. The molecule has 0 aliphatic rings. The third kappa shape index (κ3) is 3.01. The Labute approximate surface area is 130 Å². The van der Waals surface area contributed by atoms with Gasteiger partial charge < -0.3 is 15.7 Å². The molecule has 0 radical (unpaired) electrons. The van der Waals surface area contributed by atoms with Crippen LogP contribution in [0.5, 0.6) is 0 Å². The highest BCUT2D eigenvalue weighted by Gasteiger charge is 2.22. The van der Waals surface area contributed by atoms with Gasteiger partial charge in [-0.2, -0.15) is 0 Å². The number of amides is 1. The molecule has 0 unspecified atom stereocenters. The summed E-state index contributed by atoms with van der Waals surface area (Å²) in [5.74, 6) is -1.32. The minimum Gasteiger partial charge on any atom is -0.478 e. The van der Waals surface area contributed by atoms with Crippen LogP contribution in [-0.4, -0.2) is 23.5 Å². The molecule has 0 spiro atoms. The normalized spacial score (nSPS) is 10.4. The molecule has 1 aromatic heterocycles. The largest absolute Gasteiger partial charge is 0.478 e. The molecule has 1 heterocycles. The van der Waals surface area contributed by atoms with Crippen LogP contribution >= 0.6 is 22.9 Å². The third-order valence-corrected chi connectivity index (χ3v) is 4.27. The van der Waals surface area contributed by atoms with E-state index in [-0.39, 0.29) is 17.2 Å². The number of carboxylic acid groups (broad SMARTS) is 1. The molecule has 1 aromatic carbocycles. The van der Waals surface area contributed by atoms with Crippen LogP contribution in [0.1, 0.15) is 27.0 Å². The molecule has 0 atom stereocenters. The summed E-state index contributed by atoms with van der Waals surface area (Å²) in [5.41, 5.74) is 6.66. The van der Waals surface area contributed by atoms with E-state index in [1.165, 1.54) is 34.4 Å². The molecule has 3 N–H and O–H groups in total. The molecule has 7 heteroatoms. The minimum absolute atomic E-state index is 0.0777. The van der Waals surface area contributed by atoms with Gasteiger partial charge in [0.2, 0.25) is 0 Å². The Bertz CT molecular complexity index is 699. The first-order chi connectivity index (χ1) is 9.95. The van der Waals surface area contributed by atoms with E-state index >= 15 is 0 Å². The number of nitrogens with two attached hydrogens (primary N) is 1. The molecule has 1 amide bonds. The molecule has 0 fully saturated rings. The molecule has 0 aliphatic carbocycles. The Hall–Kier alpha value is -2.05. The van der Waals surface area contributed by atoms with Gasteiger partial charge in [-0.15, -0.1) is 11.3 Å². The van der Waals surface area contributed by atoms with Crippen molar-refractivity contribution in [1.29, 1.82) is 0 Å². The molecule has 110 valence electrons. The average molecular weight is 325 g/mol. The van der Waals surface area contributed by atoms with Crippen LogP contribution in [0.15, 0.2) is 29.6 Å². The van der Waals surface area contributed by atoms with Gasteiger partial charge in [-0.3, -0.25) is 4.79 Å². The van der Waals surface area contributed by atoms with Crippen LogP contribution in [0.3, 0.4) is 0 Å². The lowest BCUT2D eigenvalue weighted by Crippen LogP contribution is -2.31. The van der Waals surface area contributed by atoms with Gasteiger partial charge in [0, 0.05) is 6.54 Å². The van der Waals surface area contributed by atoms with Crippen LogP contribution < -0.4 is 10.6 Å². The first-order valence-corrected chi connectivity index (χ1v) is 7.39. The summed E-state index contributed by atoms with van der Waals surface area (Å²) in [7, 11) is 0. The van der Waals surface area contributed by atoms with Gasteiger partial charge >= 0.3 is 5.97 Å². The number of thiophene rings is 1. The van der Waals surface area contributed by atoms with E-state index in [0.717, 1.165) is 0 Å². The molecular weight excluding hydrogens is 312 g/mol. The lowest BCUT2D eigenvalue weighted by Gasteiger charge is -2.22. The summed E-state index contributed by atoms with van der Waals surface area (Å²) in [6.45, 7) is 2.20. The zero-order valence-electron chi connectivity index (χ0n) is 11.2. The van der Waals surface area contributed by atoms with Gasteiger partial charge in [0.05, 0.1) is 22.0 Å². The van der Waals surface area contributed by atoms with Crippen molar-refractivity contribution in [2.45, 2.75) is 6.92 Å². The molecule has 0 saturated heterocycles. The predicted molar refractivity (Wildman–Crippen MR) is 84.5 cm³/mol. The van der Waals surface area contributed by atoms with Gasteiger partial charge in [0.15, 0.2) is 0 Å². The number of carbonyl (C=O) groups excluding carboxylic acids is 1. The first-order valence-electron chi connectivity index (χ1n) is 6.13. The van der Waals surface area contributed by atoms with Crippen molar-refractivity contribution in [2.24, 2.45) is 0 Å². The zero-order valence-corrected chi connectivity index (χ0v) is 12.7. The second kappa shape index (κ2) is 6.15. The minimum atomic E-state index is -1.07. The van der Waals surface area contributed by atoms with Crippen molar-refractivity contribution in [1.82, 2.24) is 0 Å². The third-order valence-electron chi connectivity index (χ3n) is 2.94. The van der Waals surface area contributed by atoms with Crippen LogP contribution in [0.2, 0.25) is 5.02 Å². The Morgan fingerprint density at radius 1 is 1.38 bits per heavy atom. The lowest BCUT2D eigenvalue weighted by atomic mass is 10.1. The quantitative estimate of drug-likeness (QED) is 0.845. The fourth-order valence-corrected chi connectivity index (χ4v) is 3.01. The second-order valence-electron chi connectivity index (χ2n) is 4.23. The van der Waals surface area contributed by atoms with Crippen molar-refractivity contribution < 1.29 is 14.7 Å². The van der Waals surface area contributed by atoms with Crippen molar-refractivity contribution in [3.8, 4) is 0 Å². The van der Waals surface area contributed by atoms with E-state index in [1.54, 1.807) is 11.4 Å². The maximum Gasteiger partial charge on any atom is 0.335 e. The molecule has 5 nitrogen and oxygen atoms in total. The Kier molecular flexibility index (Phi) is 4.50. The van der Waals surface area contributed by atoms with E-state index < -0.39 is 5.97 Å². The highest BCUT2D eigenvalue weighted by Crippen LogP contribution is 2.29. The molecular formula is C14H13ClN2O3S. The number of hydrogen-bond donors (Lipinski definition) is 2. The average Bonchev–Trinajstić information content (AvgIpc) is 2.87. The summed E-state index contributed by atoms with van der Waals surface area (Å²) in [4.78, 5) is 25.3. The number of rotatable bonds is 4. The molecule has 2 rings (SSSR count). The number of anilines is 2. The molecule has 0 saturated carbocycles. The van der Waals surface area contributed by atoms with E-state index in [2.05, 4.69) is 0 Å². The summed E-state index contributed by atoms with van der Waals surface area (Å²) in [6, 6.07) is 5.94. The van der Waals surface area contributed by atoms with Gasteiger partial charge in [-0.25, -0.2) is 4.79 Å². The van der Waals surface area contributed by atoms with Gasteiger partial charge in [0.25, 0.3) is 5.91 Å². The maximum absolute atomic E-state index is 12.5. The van der Waals surface area contributed by atoms with Crippen LogP contribution in [0.4, 0.5) is 11.4 Å². The topological polar surface area (TPSA) is 83.6 Å². The van der Waals surface area contributed by atoms with Crippen molar-refractivity contribution in [2.75, 3.05) is 17.2 Å². The fourth-order valence-electron chi connectivity index (χ4n) is 1.93. The smallest absolute Gasteiger partial charge is 0.335 e. The summed E-state index contributed by atoms with van der Waals surface area (Å²) in [6.07, 6.45) is 0. The van der Waals surface area contributed by atoms with Gasteiger partial charge in [-0.1, -0.05) is 11.6 Å². The van der Waals surface area contributed by atoms with Crippen molar-refractivity contribution in [3.63, 3.8) is 0 Å². The number of nitrogens with zero attached hydrogens (tertiary/aromatic N) is 1. The number of carbonyl (C=O) groups is 2. The Morgan fingerprint density at radius 3 is 2.57 bits per heavy atom. The van der Waals surface area contributed by atoms with E-state index in [1.807, 2.05) is 6.92 Å². The number of carboxylic acids is 1. The van der Waals surface area contributed by atoms with Crippen molar-refractivity contribution in [3.05, 3.63) is 45.1 Å². The number of aromatic carboxylic acids is 1. The standard InChI is InChI=1S/C14H13ClN2O3S/c1-2-17(13(18)12-9(15)5-6-21-12)11-4-3-8(14(19)20)7-10(11)16/h3-7H,2,16H2,1H3,(H,19,20). The van der Waals surface area contributed by atoms with E-state index in [4.69, 9.17) is 22.4 Å². The van der Waals surface area contributed by atoms with E-state index in [9.17, 15) is 9.59 Å². The fraction of sp³-hybridized carbons (Fsp3) is 0.143. The summed E-state index contributed by atoms with van der Waals surface area (Å²) < 4.78 is 0. The SMILES string of the molecule is CCN(C(=O)c1sccc1Cl)c1ccc(C(=O)O)cc1N. The number of nitrogen functional groups attached to an aromatic ring is 1. The molecule has 2 aromatic rings. The second-order valence-corrected chi connectivity index (χ2v) is 5.55. The Balaban J connectivity index is 2.40. The monoisotopic (exact) mass is 324 g/mol. The molecule has 21 heavy (non-hydrogen) atoms. The summed E-state index contributed by atoms with van der Waals surface area (Å²) >= 11 is 7.24. The Morgan fingerprint density at radius 2 is 2.10 bits per heavy atom. The van der Waals surface area contributed by atoms with Gasteiger partial charge in [0.1, 0.15) is 4.88 Å². The predicted octanol–water partition coefficient (Wildman–Crippen LogP) is 3.35. The zero-order chi connectivity index (χ0) is 15.6. The number of hydrogen-bond acceptors (Lipinski definition) is 4. The van der Waals surface area contributed by atoms with Crippen LogP contribution in [-0.2, 0) is 0 Å².